The van der Waals surface area contributed by atoms with Crippen LogP contribution >= 0.6 is 0 Å². The zero-order valence-electron chi connectivity index (χ0n) is 18.7. The fourth-order valence-electron chi connectivity index (χ4n) is 4.51. The molecule has 2 amide bonds. The molecule has 8 nitrogen and oxygen atoms in total. The first-order chi connectivity index (χ1) is 15.8. The lowest BCUT2D eigenvalue weighted by molar-refractivity contribution is -0.149. The van der Waals surface area contributed by atoms with Gasteiger partial charge in [0.1, 0.15) is 12.0 Å². The topological polar surface area (TPSA) is 114 Å². The van der Waals surface area contributed by atoms with Crippen LogP contribution in [-0.2, 0) is 19.1 Å². The Morgan fingerprint density at radius 2 is 1.73 bits per heavy atom. The number of carbonyl (C=O) groups is 3. The van der Waals surface area contributed by atoms with Crippen molar-refractivity contribution < 1.29 is 29.0 Å². The third kappa shape index (κ3) is 4.57. The number of carboxylic acid groups (broad SMARTS) is 1. The average Bonchev–Trinajstić information content (AvgIpc) is 3.31. The molecule has 2 aliphatic rings. The van der Waals surface area contributed by atoms with E-state index in [2.05, 4.69) is 22.8 Å². The van der Waals surface area contributed by atoms with Crippen molar-refractivity contribution in [3.05, 3.63) is 59.7 Å². The summed E-state index contributed by atoms with van der Waals surface area (Å²) in [6.45, 7) is 3.62. The first-order valence-electron chi connectivity index (χ1n) is 11.0. The predicted octanol–water partition coefficient (Wildman–Crippen LogP) is 2.91. The Bertz CT molecular complexity index is 1020. The zero-order valence-corrected chi connectivity index (χ0v) is 18.7. The number of carboxylic acids is 1. The Kier molecular flexibility index (Phi) is 6.37. The van der Waals surface area contributed by atoms with Crippen LogP contribution in [0.4, 0.5) is 4.79 Å². The van der Waals surface area contributed by atoms with Crippen LogP contribution in [0.5, 0.6) is 0 Å². The highest BCUT2D eigenvalue weighted by molar-refractivity contribution is 5.81. The molecule has 1 fully saturated rings. The number of hydrogen-bond acceptors (Lipinski definition) is 5. The summed E-state index contributed by atoms with van der Waals surface area (Å²) in [5, 5.41) is 14.8. The maximum atomic E-state index is 12.4. The molecular weight excluding hydrogens is 424 g/mol. The fraction of sp³-hybridized carbons (Fsp3) is 0.400. The van der Waals surface area contributed by atoms with E-state index in [0.29, 0.717) is 0 Å². The number of carbonyl (C=O) groups excluding carboxylic acids is 2. The maximum absolute atomic E-state index is 12.4. The second-order valence-electron chi connectivity index (χ2n) is 8.93. The zero-order chi connectivity index (χ0) is 23.6. The van der Waals surface area contributed by atoms with E-state index in [4.69, 9.17) is 9.47 Å². The molecule has 2 aromatic rings. The molecule has 4 rings (SSSR count). The summed E-state index contributed by atoms with van der Waals surface area (Å²) in [6.07, 6.45) is -0.604. The van der Waals surface area contributed by atoms with E-state index < -0.39 is 29.6 Å². The molecule has 33 heavy (non-hydrogen) atoms. The Morgan fingerprint density at radius 1 is 1.12 bits per heavy atom. The molecule has 0 bridgehead atoms. The third-order valence-electron chi connectivity index (χ3n) is 6.48. The lowest BCUT2D eigenvalue weighted by atomic mass is 9.85. The van der Waals surface area contributed by atoms with Crippen LogP contribution in [0, 0.1) is 5.41 Å². The number of rotatable bonds is 7. The van der Waals surface area contributed by atoms with Gasteiger partial charge in [-0.2, -0.15) is 0 Å². The summed E-state index contributed by atoms with van der Waals surface area (Å²) in [5.74, 6) is -1.42. The number of alkyl carbamates (subject to hydrolysis) is 1. The summed E-state index contributed by atoms with van der Waals surface area (Å²) >= 11 is 0. The van der Waals surface area contributed by atoms with E-state index in [9.17, 15) is 19.5 Å². The van der Waals surface area contributed by atoms with Gasteiger partial charge in [-0.3, -0.25) is 9.59 Å². The molecule has 1 saturated heterocycles. The van der Waals surface area contributed by atoms with Crippen LogP contribution in [-0.4, -0.2) is 55.0 Å². The van der Waals surface area contributed by atoms with E-state index in [0.717, 1.165) is 22.3 Å². The van der Waals surface area contributed by atoms with Gasteiger partial charge in [0.15, 0.2) is 0 Å². The van der Waals surface area contributed by atoms with Crippen LogP contribution in [0.15, 0.2) is 48.5 Å². The Hall–Kier alpha value is -3.39. The Balaban J connectivity index is 1.29. The molecule has 174 valence electrons. The molecule has 3 unspecified atom stereocenters. The van der Waals surface area contributed by atoms with Crippen molar-refractivity contribution in [3.8, 4) is 11.1 Å². The molecule has 0 radical (unpaired) electrons. The van der Waals surface area contributed by atoms with Crippen molar-refractivity contribution in [2.75, 3.05) is 19.8 Å². The lowest BCUT2D eigenvalue weighted by Crippen LogP contribution is -2.50. The lowest BCUT2D eigenvalue weighted by Gasteiger charge is -2.26. The van der Waals surface area contributed by atoms with Gasteiger partial charge in [0, 0.05) is 18.4 Å². The van der Waals surface area contributed by atoms with Crippen LogP contribution in [0.25, 0.3) is 11.1 Å². The highest BCUT2D eigenvalue weighted by Gasteiger charge is 2.47. The van der Waals surface area contributed by atoms with E-state index >= 15 is 0 Å². The minimum absolute atomic E-state index is 0.00358. The third-order valence-corrected chi connectivity index (χ3v) is 6.48. The summed E-state index contributed by atoms with van der Waals surface area (Å²) in [7, 11) is 0. The Morgan fingerprint density at radius 3 is 2.33 bits per heavy atom. The largest absolute Gasteiger partial charge is 0.481 e. The van der Waals surface area contributed by atoms with Gasteiger partial charge < -0.3 is 25.2 Å². The van der Waals surface area contributed by atoms with Gasteiger partial charge in [0.2, 0.25) is 5.91 Å². The normalized spacial score (nSPS) is 22.2. The van der Waals surface area contributed by atoms with Crippen LogP contribution in [0.2, 0.25) is 0 Å². The molecule has 1 aliphatic carbocycles. The molecule has 0 spiro atoms. The van der Waals surface area contributed by atoms with Gasteiger partial charge >= 0.3 is 12.1 Å². The minimum atomic E-state index is -1.17. The molecule has 3 N–H and O–H groups in total. The number of benzene rings is 2. The van der Waals surface area contributed by atoms with Crippen LogP contribution < -0.4 is 10.6 Å². The standard InChI is InChI=1S/C25H28N2O6/c1-15(11-22(28)27-21-13-32-14-25(21,2)23(29)30)26-24(31)33-12-20-18-9-5-3-7-16(18)17-8-4-6-10-19(17)20/h3-10,15,20-21H,11-14H2,1-2H3,(H,26,31)(H,27,28)(H,29,30). The second kappa shape index (κ2) is 9.23. The van der Waals surface area contributed by atoms with Gasteiger partial charge in [-0.1, -0.05) is 48.5 Å². The first-order valence-corrected chi connectivity index (χ1v) is 11.0. The smallest absolute Gasteiger partial charge is 0.407 e. The number of ether oxygens (including phenoxy) is 2. The van der Waals surface area contributed by atoms with E-state index in [1.165, 1.54) is 0 Å². The van der Waals surface area contributed by atoms with E-state index in [1.54, 1.807) is 13.8 Å². The second-order valence-corrected chi connectivity index (χ2v) is 8.93. The number of amides is 2. The molecular formula is C25H28N2O6. The predicted molar refractivity (Wildman–Crippen MR) is 121 cm³/mol. The van der Waals surface area contributed by atoms with Gasteiger partial charge in [-0.15, -0.1) is 0 Å². The highest BCUT2D eigenvalue weighted by Crippen LogP contribution is 2.44. The SMILES string of the molecule is CC(CC(=O)NC1COCC1(C)C(=O)O)NC(=O)OCC1c2ccccc2-c2ccccc21. The van der Waals surface area contributed by atoms with Gasteiger partial charge in [0.05, 0.1) is 19.3 Å². The maximum Gasteiger partial charge on any atom is 0.407 e. The van der Waals surface area contributed by atoms with Crippen molar-refractivity contribution >= 4 is 18.0 Å². The van der Waals surface area contributed by atoms with Crippen LogP contribution in [0.1, 0.15) is 37.3 Å². The summed E-state index contributed by atoms with van der Waals surface area (Å²) < 4.78 is 10.8. The molecule has 8 heteroatoms. The van der Waals surface area contributed by atoms with E-state index in [1.807, 2.05) is 36.4 Å². The molecule has 0 aromatic heterocycles. The fourth-order valence-corrected chi connectivity index (χ4v) is 4.51. The van der Waals surface area contributed by atoms with Gasteiger partial charge in [-0.25, -0.2) is 4.79 Å². The van der Waals surface area contributed by atoms with Gasteiger partial charge in [0.25, 0.3) is 0 Å². The van der Waals surface area contributed by atoms with Crippen molar-refractivity contribution in [2.45, 2.75) is 38.3 Å². The number of fused-ring (bicyclic) bond motifs is 3. The molecule has 0 saturated carbocycles. The highest BCUT2D eigenvalue weighted by atomic mass is 16.5. The van der Waals surface area contributed by atoms with Gasteiger partial charge in [-0.05, 0) is 36.1 Å². The Labute approximate surface area is 192 Å². The summed E-state index contributed by atoms with van der Waals surface area (Å²) in [5.41, 5.74) is 3.38. The van der Waals surface area contributed by atoms with E-state index in [-0.39, 0.29) is 38.1 Å². The number of hydrogen-bond donors (Lipinski definition) is 3. The number of aliphatic carboxylic acids is 1. The average molecular weight is 453 g/mol. The molecule has 2 aromatic carbocycles. The van der Waals surface area contributed by atoms with Crippen molar-refractivity contribution in [1.29, 1.82) is 0 Å². The molecule has 3 atom stereocenters. The summed E-state index contributed by atoms with van der Waals surface area (Å²) in [6, 6.07) is 15.1. The first kappa shape index (κ1) is 22.8. The van der Waals surface area contributed by atoms with Crippen molar-refractivity contribution in [2.24, 2.45) is 5.41 Å². The number of nitrogens with one attached hydrogen (secondary N) is 2. The van der Waals surface area contributed by atoms with Crippen LogP contribution in [0.3, 0.4) is 0 Å². The molecule has 1 aliphatic heterocycles. The van der Waals surface area contributed by atoms with Crippen molar-refractivity contribution in [3.63, 3.8) is 0 Å². The summed E-state index contributed by atoms with van der Waals surface area (Å²) in [4.78, 5) is 36.3. The monoisotopic (exact) mass is 452 g/mol. The van der Waals surface area contributed by atoms with Crippen molar-refractivity contribution in [1.82, 2.24) is 10.6 Å². The quantitative estimate of drug-likeness (QED) is 0.595. The minimum Gasteiger partial charge on any atom is -0.481 e. The molecule has 1 heterocycles.